The van der Waals surface area contributed by atoms with Gasteiger partial charge in [0.1, 0.15) is 5.52 Å². The molecule has 0 spiro atoms. The van der Waals surface area contributed by atoms with Gasteiger partial charge in [-0.2, -0.15) is 15.0 Å². The van der Waals surface area contributed by atoms with Crippen LogP contribution >= 0.6 is 0 Å². The summed E-state index contributed by atoms with van der Waals surface area (Å²) in [4.78, 5) is 23.8. The first-order valence-corrected chi connectivity index (χ1v) is 10.2. The maximum absolute atomic E-state index is 14.1. The van der Waals surface area contributed by atoms with Crippen molar-refractivity contribution in [3.05, 3.63) is 42.5 Å². The number of methoxy groups -OCH3 is 1. The minimum absolute atomic E-state index is 0.00923. The molecule has 1 fully saturated rings. The Morgan fingerprint density at radius 2 is 1.85 bits per heavy atom. The summed E-state index contributed by atoms with van der Waals surface area (Å²) in [6, 6.07) is 6.70. The molecular formula is C21H20F2N8O2. The Kier molecular flexibility index (Phi) is 5.42. The van der Waals surface area contributed by atoms with E-state index in [0.29, 0.717) is 49.2 Å². The van der Waals surface area contributed by atoms with Crippen molar-refractivity contribution in [2.75, 3.05) is 44.0 Å². The number of hydrogen-bond acceptors (Lipinski definition) is 9. The zero-order valence-electron chi connectivity index (χ0n) is 17.7. The van der Waals surface area contributed by atoms with Gasteiger partial charge in [-0.3, -0.25) is 9.55 Å². The molecule has 0 aliphatic carbocycles. The Balaban J connectivity index is 1.77. The zero-order chi connectivity index (χ0) is 22.9. The van der Waals surface area contributed by atoms with Crippen LogP contribution in [0.4, 0.5) is 20.4 Å². The van der Waals surface area contributed by atoms with Gasteiger partial charge in [-0.05, 0) is 24.3 Å². The second kappa shape index (κ2) is 8.54. The summed E-state index contributed by atoms with van der Waals surface area (Å²) >= 11 is 0. The van der Waals surface area contributed by atoms with Gasteiger partial charge in [0.25, 0.3) is 6.43 Å². The number of aromatic nitrogens is 6. The summed E-state index contributed by atoms with van der Waals surface area (Å²) in [5.74, 6) is 0.355. The predicted octanol–water partition coefficient (Wildman–Crippen LogP) is 2.64. The fourth-order valence-corrected chi connectivity index (χ4v) is 3.71. The van der Waals surface area contributed by atoms with Crippen LogP contribution in [0.5, 0.6) is 5.75 Å². The Morgan fingerprint density at radius 1 is 1.06 bits per heavy atom. The lowest BCUT2D eigenvalue weighted by atomic mass is 10.2. The maximum Gasteiger partial charge on any atom is 0.296 e. The second-order valence-electron chi connectivity index (χ2n) is 7.26. The number of anilines is 2. The van der Waals surface area contributed by atoms with Crippen LogP contribution in [0.1, 0.15) is 12.2 Å². The lowest BCUT2D eigenvalue weighted by Gasteiger charge is -2.27. The van der Waals surface area contributed by atoms with Gasteiger partial charge in [0.15, 0.2) is 17.4 Å². The third-order valence-corrected chi connectivity index (χ3v) is 5.26. The van der Waals surface area contributed by atoms with Gasteiger partial charge < -0.3 is 20.1 Å². The van der Waals surface area contributed by atoms with Gasteiger partial charge in [0.05, 0.1) is 31.5 Å². The Hall–Kier alpha value is -3.93. The number of imidazole rings is 1. The molecule has 4 aromatic rings. The van der Waals surface area contributed by atoms with Crippen molar-refractivity contribution in [3.63, 3.8) is 0 Å². The molecule has 0 atom stereocenters. The molecule has 4 heterocycles. The van der Waals surface area contributed by atoms with E-state index in [0.717, 1.165) is 0 Å². The van der Waals surface area contributed by atoms with Gasteiger partial charge in [-0.1, -0.05) is 0 Å². The average molecular weight is 454 g/mol. The summed E-state index contributed by atoms with van der Waals surface area (Å²) in [5.41, 5.74) is 7.42. The van der Waals surface area contributed by atoms with E-state index >= 15 is 0 Å². The SMILES string of the molecule is COc1c(N)ccc2c1nc(C(F)F)n2-c1nc(-c2cccnc2)nc(N2CCOCC2)n1. The largest absolute Gasteiger partial charge is 0.492 e. The van der Waals surface area contributed by atoms with Crippen molar-refractivity contribution in [1.82, 2.24) is 29.5 Å². The molecule has 10 nitrogen and oxygen atoms in total. The third kappa shape index (κ3) is 3.78. The lowest BCUT2D eigenvalue weighted by molar-refractivity contribution is 0.122. The first-order chi connectivity index (χ1) is 16.1. The fraction of sp³-hybridized carbons (Fsp3) is 0.286. The van der Waals surface area contributed by atoms with Gasteiger partial charge in [-0.15, -0.1) is 0 Å². The highest BCUT2D eigenvalue weighted by Gasteiger charge is 2.26. The average Bonchev–Trinajstić information content (AvgIpc) is 3.25. The van der Waals surface area contributed by atoms with Crippen LogP contribution < -0.4 is 15.4 Å². The minimum Gasteiger partial charge on any atom is -0.492 e. The highest BCUT2D eigenvalue weighted by atomic mass is 19.3. The number of halogens is 2. The summed E-state index contributed by atoms with van der Waals surface area (Å²) < 4.78 is 40.2. The van der Waals surface area contributed by atoms with E-state index < -0.39 is 12.2 Å². The molecule has 12 heteroatoms. The van der Waals surface area contributed by atoms with Gasteiger partial charge in [-0.25, -0.2) is 13.8 Å². The molecule has 0 amide bonds. The number of morpholine rings is 1. The molecule has 0 saturated carbocycles. The van der Waals surface area contributed by atoms with Crippen molar-refractivity contribution in [3.8, 4) is 23.1 Å². The van der Waals surface area contributed by atoms with Crippen LogP contribution in [0, 0.1) is 0 Å². The molecule has 0 unspecified atom stereocenters. The molecule has 1 saturated heterocycles. The zero-order valence-corrected chi connectivity index (χ0v) is 17.7. The van der Waals surface area contributed by atoms with Crippen LogP contribution in [0.3, 0.4) is 0 Å². The molecule has 1 aromatic carbocycles. The van der Waals surface area contributed by atoms with E-state index in [2.05, 4.69) is 24.9 Å². The predicted molar refractivity (Wildman–Crippen MR) is 117 cm³/mol. The topological polar surface area (TPSA) is 117 Å². The summed E-state index contributed by atoms with van der Waals surface area (Å²) in [5, 5.41) is 0. The normalized spacial score (nSPS) is 14.2. The van der Waals surface area contributed by atoms with Crippen LogP contribution in [0.25, 0.3) is 28.4 Å². The van der Waals surface area contributed by atoms with Crippen molar-refractivity contribution >= 4 is 22.7 Å². The highest BCUT2D eigenvalue weighted by molar-refractivity contribution is 5.89. The molecular weight excluding hydrogens is 434 g/mol. The first-order valence-electron chi connectivity index (χ1n) is 10.2. The molecule has 33 heavy (non-hydrogen) atoms. The summed E-state index contributed by atoms with van der Waals surface area (Å²) in [6.45, 7) is 2.14. The fourth-order valence-electron chi connectivity index (χ4n) is 3.71. The number of fused-ring (bicyclic) bond motifs is 1. The van der Waals surface area contributed by atoms with Crippen molar-refractivity contribution in [2.45, 2.75) is 6.43 Å². The number of benzene rings is 1. The van der Waals surface area contributed by atoms with Crippen molar-refractivity contribution in [1.29, 1.82) is 0 Å². The number of pyridine rings is 1. The second-order valence-corrected chi connectivity index (χ2v) is 7.26. The smallest absolute Gasteiger partial charge is 0.296 e. The number of rotatable bonds is 5. The molecule has 1 aliphatic rings. The highest BCUT2D eigenvalue weighted by Crippen LogP contribution is 2.35. The molecule has 1 aliphatic heterocycles. The number of hydrogen-bond donors (Lipinski definition) is 1. The molecule has 0 bridgehead atoms. The van der Waals surface area contributed by atoms with Gasteiger partial charge in [0, 0.05) is 31.0 Å². The van der Waals surface area contributed by atoms with Gasteiger partial charge >= 0.3 is 0 Å². The Morgan fingerprint density at radius 3 is 2.55 bits per heavy atom. The maximum atomic E-state index is 14.1. The van der Waals surface area contributed by atoms with Gasteiger partial charge in [0.2, 0.25) is 11.9 Å². The molecule has 2 N–H and O–H groups in total. The summed E-state index contributed by atoms with van der Waals surface area (Å²) in [6.07, 6.45) is 0.337. The van der Waals surface area contributed by atoms with E-state index in [4.69, 9.17) is 15.2 Å². The lowest BCUT2D eigenvalue weighted by Crippen LogP contribution is -2.37. The number of alkyl halides is 2. The quantitative estimate of drug-likeness (QED) is 0.454. The molecule has 0 radical (unpaired) electrons. The number of ether oxygens (including phenoxy) is 2. The standard InChI is InChI=1S/C21H20F2N8O2/c1-32-16-13(24)4-5-14-15(16)26-19(17(22)23)31(14)21-28-18(12-3-2-6-25-11-12)27-20(29-21)30-7-9-33-10-8-30/h2-6,11,17H,7-10,24H2,1H3. The van der Waals surface area contributed by atoms with E-state index in [-0.39, 0.29) is 22.9 Å². The molecule has 3 aromatic heterocycles. The van der Waals surface area contributed by atoms with Crippen molar-refractivity contribution < 1.29 is 18.3 Å². The summed E-state index contributed by atoms with van der Waals surface area (Å²) in [7, 11) is 1.41. The Labute approximate surface area is 187 Å². The van der Waals surface area contributed by atoms with E-state index in [1.807, 2.05) is 4.90 Å². The van der Waals surface area contributed by atoms with Crippen LogP contribution in [0.2, 0.25) is 0 Å². The molecule has 5 rings (SSSR count). The van der Waals surface area contributed by atoms with Crippen LogP contribution in [0.15, 0.2) is 36.7 Å². The van der Waals surface area contributed by atoms with E-state index in [9.17, 15) is 8.78 Å². The Bertz CT molecular complexity index is 1290. The monoisotopic (exact) mass is 454 g/mol. The molecule has 170 valence electrons. The van der Waals surface area contributed by atoms with E-state index in [1.54, 1.807) is 36.7 Å². The van der Waals surface area contributed by atoms with Crippen LogP contribution in [-0.4, -0.2) is 62.9 Å². The minimum atomic E-state index is -2.89. The first kappa shape index (κ1) is 20.9. The number of nitrogens with zero attached hydrogens (tertiary/aromatic N) is 7. The van der Waals surface area contributed by atoms with Crippen LogP contribution in [-0.2, 0) is 4.74 Å². The van der Waals surface area contributed by atoms with E-state index in [1.165, 1.54) is 11.7 Å². The number of nitrogen functional groups attached to an aromatic ring is 1. The van der Waals surface area contributed by atoms with Crippen molar-refractivity contribution in [2.24, 2.45) is 0 Å². The third-order valence-electron chi connectivity index (χ3n) is 5.26. The number of nitrogens with two attached hydrogens (primary N) is 1.